The van der Waals surface area contributed by atoms with Gasteiger partial charge in [0.05, 0.1) is 11.2 Å². The number of benzene rings is 1. The van der Waals surface area contributed by atoms with Crippen molar-refractivity contribution in [3.8, 4) is 5.88 Å². The second kappa shape index (κ2) is 8.19. The zero-order valence-corrected chi connectivity index (χ0v) is 16.3. The third-order valence-corrected chi connectivity index (χ3v) is 5.87. The van der Waals surface area contributed by atoms with Gasteiger partial charge in [-0.1, -0.05) is 49.8 Å². The number of hydrogen-bond acceptors (Lipinski definition) is 4. The molecule has 0 spiro atoms. The van der Waals surface area contributed by atoms with Crippen molar-refractivity contribution in [2.24, 2.45) is 5.92 Å². The molecule has 7 heteroatoms. The number of carbonyl (C=O) groups excluding carboxylic acids is 1. The minimum Gasteiger partial charge on any atom is -0.494 e. The van der Waals surface area contributed by atoms with Crippen LogP contribution >= 0.6 is 11.6 Å². The number of halogens is 1. The monoisotopic (exact) mass is 398 g/mol. The van der Waals surface area contributed by atoms with E-state index in [4.69, 9.17) is 11.6 Å². The van der Waals surface area contributed by atoms with E-state index in [0.29, 0.717) is 28.6 Å². The van der Waals surface area contributed by atoms with E-state index >= 15 is 0 Å². The minimum absolute atomic E-state index is 0.0626. The summed E-state index contributed by atoms with van der Waals surface area (Å²) in [5.74, 6) is 0.701. The van der Waals surface area contributed by atoms with E-state index in [1.54, 1.807) is 29.1 Å². The van der Waals surface area contributed by atoms with Crippen molar-refractivity contribution in [3.63, 3.8) is 0 Å². The zero-order valence-electron chi connectivity index (χ0n) is 15.5. The summed E-state index contributed by atoms with van der Waals surface area (Å²) in [5, 5.41) is 15.6. The highest BCUT2D eigenvalue weighted by Gasteiger charge is 2.29. The average Bonchev–Trinajstić information content (AvgIpc) is 3.05. The second-order valence-electron chi connectivity index (χ2n) is 7.40. The molecule has 1 atom stereocenters. The first-order valence-corrected chi connectivity index (χ1v) is 10.1. The molecular formula is C21H23ClN4O2. The van der Waals surface area contributed by atoms with E-state index in [-0.39, 0.29) is 11.8 Å². The van der Waals surface area contributed by atoms with Crippen LogP contribution in [0.4, 0.5) is 5.82 Å². The van der Waals surface area contributed by atoms with Crippen LogP contribution in [-0.2, 0) is 4.79 Å². The molecule has 1 aromatic carbocycles. The Labute approximate surface area is 168 Å². The van der Waals surface area contributed by atoms with E-state index in [2.05, 4.69) is 15.3 Å². The zero-order chi connectivity index (χ0) is 19.5. The molecular weight excluding hydrogens is 376 g/mol. The number of aromatic nitrogens is 3. The van der Waals surface area contributed by atoms with Crippen LogP contribution in [0, 0.1) is 5.92 Å². The maximum Gasteiger partial charge on any atom is 0.248 e. The molecule has 1 aliphatic rings. The van der Waals surface area contributed by atoms with Crippen LogP contribution in [-0.4, -0.2) is 25.5 Å². The lowest BCUT2D eigenvalue weighted by atomic mass is 9.84. The molecule has 0 bridgehead atoms. The minimum atomic E-state index is -0.548. The molecule has 0 unspecified atom stereocenters. The second-order valence-corrected chi connectivity index (χ2v) is 7.80. The number of carbonyl (C=O) groups is 1. The van der Waals surface area contributed by atoms with E-state index in [1.165, 1.54) is 31.7 Å². The number of fused-ring (bicyclic) bond motifs is 1. The Morgan fingerprint density at radius 2 is 2.07 bits per heavy atom. The molecule has 2 heterocycles. The van der Waals surface area contributed by atoms with Gasteiger partial charge in [-0.15, -0.1) is 0 Å². The summed E-state index contributed by atoms with van der Waals surface area (Å²) in [4.78, 5) is 21.3. The van der Waals surface area contributed by atoms with Gasteiger partial charge in [-0.25, -0.2) is 4.98 Å². The number of aromatic hydroxyl groups is 1. The Hall–Kier alpha value is -2.60. The largest absolute Gasteiger partial charge is 0.494 e. The first-order chi connectivity index (χ1) is 13.6. The van der Waals surface area contributed by atoms with Crippen molar-refractivity contribution in [2.75, 3.05) is 5.32 Å². The molecule has 2 N–H and O–H groups in total. The van der Waals surface area contributed by atoms with E-state index in [1.807, 2.05) is 6.07 Å². The lowest BCUT2D eigenvalue weighted by Crippen LogP contribution is -2.28. The van der Waals surface area contributed by atoms with Crippen molar-refractivity contribution in [3.05, 3.63) is 48.0 Å². The molecule has 0 saturated heterocycles. The third kappa shape index (κ3) is 3.83. The van der Waals surface area contributed by atoms with Crippen LogP contribution < -0.4 is 5.32 Å². The Morgan fingerprint density at radius 3 is 2.79 bits per heavy atom. The van der Waals surface area contributed by atoms with Crippen LogP contribution in [0.15, 0.2) is 43.0 Å². The Morgan fingerprint density at radius 1 is 1.25 bits per heavy atom. The summed E-state index contributed by atoms with van der Waals surface area (Å²) in [6.45, 7) is 0. The van der Waals surface area contributed by atoms with Gasteiger partial charge >= 0.3 is 0 Å². The van der Waals surface area contributed by atoms with Crippen molar-refractivity contribution in [2.45, 2.75) is 44.6 Å². The summed E-state index contributed by atoms with van der Waals surface area (Å²) >= 11 is 6.30. The van der Waals surface area contributed by atoms with Gasteiger partial charge in [0.15, 0.2) is 11.7 Å². The van der Waals surface area contributed by atoms with Gasteiger partial charge in [-0.3, -0.25) is 9.78 Å². The fraction of sp³-hybridized carbons (Fsp3) is 0.381. The molecule has 28 heavy (non-hydrogen) atoms. The topological polar surface area (TPSA) is 80.0 Å². The summed E-state index contributed by atoms with van der Waals surface area (Å²) in [5.41, 5.74) is 0. The molecule has 2 aromatic heterocycles. The van der Waals surface area contributed by atoms with Gasteiger partial charge in [0.2, 0.25) is 5.91 Å². The van der Waals surface area contributed by atoms with Crippen LogP contribution in [0.1, 0.15) is 44.6 Å². The maximum absolute atomic E-state index is 13.2. The number of nitrogens with zero attached hydrogens (tertiary/aromatic N) is 3. The smallest absolute Gasteiger partial charge is 0.248 e. The Bertz CT molecular complexity index is 967. The molecule has 6 nitrogen and oxygen atoms in total. The van der Waals surface area contributed by atoms with Gasteiger partial charge in [-0.2, -0.15) is 0 Å². The quantitative estimate of drug-likeness (QED) is 0.637. The normalized spacial score (nSPS) is 16.2. The fourth-order valence-corrected chi connectivity index (χ4v) is 4.32. The molecule has 0 radical (unpaired) electrons. The van der Waals surface area contributed by atoms with E-state index in [9.17, 15) is 9.90 Å². The lowest BCUT2D eigenvalue weighted by molar-refractivity contribution is -0.120. The van der Waals surface area contributed by atoms with Crippen molar-refractivity contribution in [1.29, 1.82) is 0 Å². The molecule has 1 amide bonds. The Kier molecular flexibility index (Phi) is 5.48. The summed E-state index contributed by atoms with van der Waals surface area (Å²) < 4.78 is 1.65. The highest BCUT2D eigenvalue weighted by atomic mass is 35.5. The Balaban J connectivity index is 1.69. The molecule has 1 saturated carbocycles. The van der Waals surface area contributed by atoms with Crippen molar-refractivity contribution >= 4 is 34.1 Å². The van der Waals surface area contributed by atoms with E-state index in [0.717, 1.165) is 18.2 Å². The highest BCUT2D eigenvalue weighted by Crippen LogP contribution is 2.38. The van der Waals surface area contributed by atoms with Gasteiger partial charge in [0.1, 0.15) is 6.04 Å². The van der Waals surface area contributed by atoms with Gasteiger partial charge in [0.25, 0.3) is 0 Å². The first-order valence-electron chi connectivity index (χ1n) is 9.68. The molecule has 1 aliphatic carbocycles. The van der Waals surface area contributed by atoms with Crippen LogP contribution in [0.3, 0.4) is 0 Å². The highest BCUT2D eigenvalue weighted by molar-refractivity contribution is 6.35. The lowest BCUT2D eigenvalue weighted by Gasteiger charge is -2.27. The summed E-state index contributed by atoms with van der Waals surface area (Å²) in [6, 6.07) is 4.84. The molecule has 0 aliphatic heterocycles. The summed E-state index contributed by atoms with van der Waals surface area (Å²) in [7, 11) is 0. The van der Waals surface area contributed by atoms with Gasteiger partial charge in [-0.05, 0) is 24.5 Å². The number of hydrogen-bond donors (Lipinski definition) is 2. The van der Waals surface area contributed by atoms with Gasteiger partial charge < -0.3 is 15.0 Å². The SMILES string of the molecule is O=C(Nc1cnccn1)[C@H](CC1CCCCC1)n1cc2c(Cl)cccc2c1O. The molecule has 4 rings (SSSR count). The molecule has 146 valence electrons. The standard InChI is InChI=1S/C21H23ClN4O2/c22-17-8-4-7-15-16(17)13-26(21(15)28)18(11-14-5-2-1-3-6-14)20(27)25-19-12-23-9-10-24-19/h4,7-10,12-14,18,28H,1-3,5-6,11H2,(H,24,25,27)/t18-/m0/s1. The maximum atomic E-state index is 13.2. The number of amides is 1. The number of nitrogens with one attached hydrogen (secondary N) is 1. The van der Waals surface area contributed by atoms with Crippen LogP contribution in [0.2, 0.25) is 5.02 Å². The van der Waals surface area contributed by atoms with E-state index < -0.39 is 6.04 Å². The number of anilines is 1. The predicted molar refractivity (Wildman–Crippen MR) is 110 cm³/mol. The molecule has 1 fully saturated rings. The fourth-order valence-electron chi connectivity index (χ4n) is 4.10. The first kappa shape index (κ1) is 18.7. The van der Waals surface area contributed by atoms with Crippen LogP contribution in [0.25, 0.3) is 10.8 Å². The third-order valence-electron chi connectivity index (χ3n) is 5.54. The summed E-state index contributed by atoms with van der Waals surface area (Å²) in [6.07, 6.45) is 12.9. The predicted octanol–water partition coefficient (Wildman–Crippen LogP) is 4.94. The average molecular weight is 399 g/mol. The van der Waals surface area contributed by atoms with Crippen LogP contribution in [0.5, 0.6) is 5.88 Å². The van der Waals surface area contributed by atoms with Crippen molar-refractivity contribution in [1.82, 2.24) is 14.5 Å². The van der Waals surface area contributed by atoms with Gasteiger partial charge in [0, 0.05) is 29.4 Å². The molecule has 3 aromatic rings. The van der Waals surface area contributed by atoms with Crippen molar-refractivity contribution < 1.29 is 9.90 Å². The number of rotatable bonds is 5.